The lowest BCUT2D eigenvalue weighted by Gasteiger charge is -2.28. The molecule has 29 heavy (non-hydrogen) atoms. The van der Waals surface area contributed by atoms with Gasteiger partial charge in [0.2, 0.25) is 21.8 Å². The van der Waals surface area contributed by atoms with Gasteiger partial charge in [-0.3, -0.25) is 13.9 Å². The van der Waals surface area contributed by atoms with Crippen LogP contribution in [-0.2, 0) is 19.6 Å². The second-order valence-corrected chi connectivity index (χ2v) is 8.57. The topological polar surface area (TPSA) is 105 Å². The summed E-state index contributed by atoms with van der Waals surface area (Å²) in [5, 5.41) is 5.51. The average Bonchev–Trinajstić information content (AvgIpc) is 2.62. The lowest BCUT2D eigenvalue weighted by atomic mass is 10.2. The highest BCUT2D eigenvalue weighted by atomic mass is 35.5. The van der Waals surface area contributed by atoms with E-state index in [-0.39, 0.29) is 16.6 Å². The van der Waals surface area contributed by atoms with E-state index < -0.39 is 22.0 Å². The molecule has 2 aromatic rings. The highest BCUT2D eigenvalue weighted by Gasteiger charge is 2.29. The van der Waals surface area contributed by atoms with E-state index in [4.69, 9.17) is 16.3 Å². The Kier molecular flexibility index (Phi) is 7.10. The van der Waals surface area contributed by atoms with E-state index in [2.05, 4.69) is 10.6 Å². The van der Waals surface area contributed by atoms with Gasteiger partial charge in [-0.1, -0.05) is 11.6 Å². The van der Waals surface area contributed by atoms with E-state index in [0.29, 0.717) is 17.1 Å². The number of benzene rings is 2. The molecule has 0 heterocycles. The normalized spacial score (nSPS) is 12.0. The number of ether oxygens (including phenoxy) is 1. The van der Waals surface area contributed by atoms with Crippen LogP contribution in [0.15, 0.2) is 42.5 Å². The molecule has 0 fully saturated rings. The maximum atomic E-state index is 12.7. The summed E-state index contributed by atoms with van der Waals surface area (Å²) in [6, 6.07) is 9.87. The minimum atomic E-state index is -3.79. The zero-order valence-electron chi connectivity index (χ0n) is 16.4. The molecule has 2 aromatic carbocycles. The summed E-state index contributed by atoms with van der Waals surface area (Å²) in [7, 11) is -2.34. The summed E-state index contributed by atoms with van der Waals surface area (Å²) in [4.78, 5) is 23.8. The number of methoxy groups -OCH3 is 1. The van der Waals surface area contributed by atoms with Crippen LogP contribution in [0.2, 0.25) is 5.02 Å². The molecule has 0 aliphatic rings. The predicted octanol–water partition coefficient (Wildman–Crippen LogP) is 3.10. The summed E-state index contributed by atoms with van der Waals surface area (Å²) in [5.74, 6) is -0.354. The Balaban J connectivity index is 2.25. The molecule has 2 amide bonds. The summed E-state index contributed by atoms with van der Waals surface area (Å²) in [5.41, 5.74) is 1.27. The molecule has 10 heteroatoms. The van der Waals surface area contributed by atoms with Crippen molar-refractivity contribution in [2.75, 3.05) is 28.3 Å². The average molecular weight is 440 g/mol. The first kappa shape index (κ1) is 22.5. The van der Waals surface area contributed by atoms with Crippen molar-refractivity contribution in [3.8, 4) is 5.75 Å². The van der Waals surface area contributed by atoms with Crippen molar-refractivity contribution in [3.05, 3.63) is 47.5 Å². The number of hydrogen-bond acceptors (Lipinski definition) is 5. The molecule has 2 N–H and O–H groups in total. The molecular formula is C19H22ClN3O5S. The lowest BCUT2D eigenvalue weighted by molar-refractivity contribution is -0.117. The smallest absolute Gasteiger partial charge is 0.247 e. The molecule has 156 valence electrons. The molecule has 0 saturated heterocycles. The van der Waals surface area contributed by atoms with Crippen LogP contribution in [-0.4, -0.2) is 39.6 Å². The van der Waals surface area contributed by atoms with Gasteiger partial charge in [-0.2, -0.15) is 0 Å². The SMILES string of the molecule is COc1ccc(N([C@@H](C)C(=O)Nc2ccc(NC(C)=O)cc2)S(C)(=O)=O)cc1Cl. The Bertz CT molecular complexity index is 1010. The van der Waals surface area contributed by atoms with Gasteiger partial charge in [0, 0.05) is 18.3 Å². The zero-order valence-corrected chi connectivity index (χ0v) is 18.0. The van der Waals surface area contributed by atoms with Gasteiger partial charge in [0.05, 0.1) is 24.1 Å². The van der Waals surface area contributed by atoms with Gasteiger partial charge in [0.1, 0.15) is 11.8 Å². The highest BCUT2D eigenvalue weighted by molar-refractivity contribution is 7.92. The van der Waals surface area contributed by atoms with E-state index in [1.807, 2.05) is 0 Å². The second-order valence-electron chi connectivity index (χ2n) is 6.30. The number of carbonyl (C=O) groups excluding carboxylic acids is 2. The van der Waals surface area contributed by atoms with Crippen LogP contribution in [0.1, 0.15) is 13.8 Å². The number of sulfonamides is 1. The van der Waals surface area contributed by atoms with Crippen molar-refractivity contribution < 1.29 is 22.7 Å². The van der Waals surface area contributed by atoms with Crippen LogP contribution in [0.4, 0.5) is 17.1 Å². The number of nitrogens with one attached hydrogen (secondary N) is 2. The van der Waals surface area contributed by atoms with Crippen LogP contribution in [0, 0.1) is 0 Å². The molecule has 0 aromatic heterocycles. The standard InChI is InChI=1S/C19H22ClN3O5S/c1-12(19(25)22-15-7-5-14(6-8-15)21-13(2)24)23(29(4,26)27)16-9-10-18(28-3)17(20)11-16/h5-12H,1-4H3,(H,21,24)(H,22,25)/t12-/m0/s1. The van der Waals surface area contributed by atoms with Gasteiger partial charge in [-0.05, 0) is 49.4 Å². The first-order valence-electron chi connectivity index (χ1n) is 8.54. The third-order valence-electron chi connectivity index (χ3n) is 3.95. The molecule has 0 unspecified atom stereocenters. The molecule has 0 radical (unpaired) electrons. The summed E-state index contributed by atoms with van der Waals surface area (Å²) in [6.07, 6.45) is 1.01. The molecular weight excluding hydrogens is 418 g/mol. The molecule has 0 aliphatic heterocycles. The van der Waals surface area contributed by atoms with E-state index in [1.165, 1.54) is 39.2 Å². The molecule has 0 saturated carbocycles. The zero-order chi connectivity index (χ0) is 21.8. The Hall–Kier alpha value is -2.78. The van der Waals surface area contributed by atoms with Crippen molar-refractivity contribution >= 4 is 50.5 Å². The fourth-order valence-corrected chi connectivity index (χ4v) is 4.11. The largest absolute Gasteiger partial charge is 0.495 e. The number of amides is 2. The van der Waals surface area contributed by atoms with Crippen LogP contribution < -0.4 is 19.7 Å². The van der Waals surface area contributed by atoms with Crippen molar-refractivity contribution in [2.24, 2.45) is 0 Å². The Morgan fingerprint density at radius 2 is 1.62 bits per heavy atom. The monoisotopic (exact) mass is 439 g/mol. The molecule has 1 atom stereocenters. The first-order valence-corrected chi connectivity index (χ1v) is 10.8. The maximum Gasteiger partial charge on any atom is 0.247 e. The van der Waals surface area contributed by atoms with Crippen LogP contribution in [0.3, 0.4) is 0 Å². The maximum absolute atomic E-state index is 12.7. The number of nitrogens with zero attached hydrogens (tertiary/aromatic N) is 1. The number of hydrogen-bond donors (Lipinski definition) is 2. The second kappa shape index (κ2) is 9.15. The van der Waals surface area contributed by atoms with Gasteiger partial charge >= 0.3 is 0 Å². The molecule has 0 spiro atoms. The van der Waals surface area contributed by atoms with Crippen molar-refractivity contribution in [1.82, 2.24) is 0 Å². The van der Waals surface area contributed by atoms with Gasteiger partial charge in [0.15, 0.2) is 0 Å². The van der Waals surface area contributed by atoms with E-state index >= 15 is 0 Å². The Morgan fingerprint density at radius 3 is 2.07 bits per heavy atom. The van der Waals surface area contributed by atoms with Gasteiger partial charge < -0.3 is 15.4 Å². The van der Waals surface area contributed by atoms with E-state index in [0.717, 1.165) is 10.6 Å². The van der Waals surface area contributed by atoms with Crippen molar-refractivity contribution in [1.29, 1.82) is 0 Å². The number of anilines is 3. The minimum Gasteiger partial charge on any atom is -0.495 e. The summed E-state index contributed by atoms with van der Waals surface area (Å²) in [6.45, 7) is 2.86. The van der Waals surface area contributed by atoms with E-state index in [1.54, 1.807) is 24.3 Å². The number of carbonyl (C=O) groups is 2. The third-order valence-corrected chi connectivity index (χ3v) is 5.49. The fraction of sp³-hybridized carbons (Fsp3) is 0.263. The predicted molar refractivity (Wildman–Crippen MR) is 114 cm³/mol. The lowest BCUT2D eigenvalue weighted by Crippen LogP contribution is -2.45. The van der Waals surface area contributed by atoms with E-state index in [9.17, 15) is 18.0 Å². The Labute approximate surface area is 174 Å². The minimum absolute atomic E-state index is 0.211. The first-order chi connectivity index (χ1) is 13.5. The van der Waals surface area contributed by atoms with Crippen LogP contribution >= 0.6 is 11.6 Å². The Morgan fingerprint density at radius 1 is 1.07 bits per heavy atom. The molecule has 8 nitrogen and oxygen atoms in total. The summed E-state index contributed by atoms with van der Waals surface area (Å²) >= 11 is 6.11. The number of rotatable bonds is 7. The van der Waals surface area contributed by atoms with Crippen LogP contribution in [0.5, 0.6) is 5.75 Å². The van der Waals surface area contributed by atoms with Gasteiger partial charge in [0.25, 0.3) is 0 Å². The molecule has 2 rings (SSSR count). The van der Waals surface area contributed by atoms with Gasteiger partial charge in [-0.15, -0.1) is 0 Å². The highest BCUT2D eigenvalue weighted by Crippen LogP contribution is 2.31. The summed E-state index contributed by atoms with van der Waals surface area (Å²) < 4.78 is 30.8. The van der Waals surface area contributed by atoms with Crippen LogP contribution in [0.25, 0.3) is 0 Å². The molecule has 0 aliphatic carbocycles. The fourth-order valence-electron chi connectivity index (χ4n) is 2.69. The van der Waals surface area contributed by atoms with Gasteiger partial charge in [-0.25, -0.2) is 8.42 Å². The quantitative estimate of drug-likeness (QED) is 0.689. The van der Waals surface area contributed by atoms with Crippen molar-refractivity contribution in [2.45, 2.75) is 19.9 Å². The molecule has 0 bridgehead atoms. The van der Waals surface area contributed by atoms with Crippen molar-refractivity contribution in [3.63, 3.8) is 0 Å². The third kappa shape index (κ3) is 5.85. The number of halogens is 1.